The van der Waals surface area contributed by atoms with E-state index in [0.29, 0.717) is 11.5 Å². The second kappa shape index (κ2) is 5.43. The zero-order valence-corrected chi connectivity index (χ0v) is 13.1. The minimum absolute atomic E-state index is 0.298. The number of aromatic hydroxyl groups is 1. The molecule has 4 heteroatoms. The fourth-order valence-corrected chi connectivity index (χ4v) is 3.01. The molecule has 1 radical (unpaired) electrons. The Labute approximate surface area is 127 Å². The van der Waals surface area contributed by atoms with Crippen LogP contribution in [0.3, 0.4) is 0 Å². The Morgan fingerprint density at radius 3 is 2.00 bits per heavy atom. The standard InChI is InChI=1S/C13H9I2O2/c1-8-2-4-9(5-3-8)17-10-6-11(14)13(16)12(15)7-10/h2-7,16H,1H2. The number of hydrogen-bond donors (Lipinski definition) is 1. The van der Waals surface area contributed by atoms with Gasteiger partial charge in [0.15, 0.2) is 0 Å². The van der Waals surface area contributed by atoms with E-state index in [1.165, 1.54) is 0 Å². The molecule has 0 aromatic heterocycles. The van der Waals surface area contributed by atoms with Gasteiger partial charge in [0, 0.05) is 0 Å². The highest BCUT2D eigenvalue weighted by atomic mass is 127. The molecule has 0 atom stereocenters. The molecule has 0 spiro atoms. The van der Waals surface area contributed by atoms with Gasteiger partial charge in [-0.25, -0.2) is 0 Å². The van der Waals surface area contributed by atoms with Gasteiger partial charge in [-0.1, -0.05) is 12.1 Å². The van der Waals surface area contributed by atoms with Gasteiger partial charge in [-0.05, 0) is 81.9 Å². The summed E-state index contributed by atoms with van der Waals surface area (Å²) in [7, 11) is 0. The number of halogens is 2. The van der Waals surface area contributed by atoms with Gasteiger partial charge in [0.2, 0.25) is 0 Å². The summed E-state index contributed by atoms with van der Waals surface area (Å²) in [5, 5.41) is 9.65. The predicted molar refractivity (Wildman–Crippen MR) is 84.5 cm³/mol. The molecule has 87 valence electrons. The Hall–Kier alpha value is -0.500. The fraction of sp³-hybridized carbons (Fsp3) is 0. The Bertz CT molecular complexity index is 513. The van der Waals surface area contributed by atoms with E-state index in [4.69, 9.17) is 4.74 Å². The van der Waals surface area contributed by atoms with E-state index >= 15 is 0 Å². The molecule has 0 amide bonds. The molecule has 1 N–H and O–H groups in total. The molecular weight excluding hydrogens is 442 g/mol. The van der Waals surface area contributed by atoms with Gasteiger partial charge >= 0.3 is 0 Å². The largest absolute Gasteiger partial charge is 0.506 e. The number of benzene rings is 2. The molecule has 0 aliphatic carbocycles. The van der Waals surface area contributed by atoms with Crippen LogP contribution in [0.1, 0.15) is 5.56 Å². The van der Waals surface area contributed by atoms with E-state index in [2.05, 4.69) is 52.1 Å². The number of hydrogen-bond acceptors (Lipinski definition) is 2. The molecule has 2 nitrogen and oxygen atoms in total. The maximum absolute atomic E-state index is 9.65. The SMILES string of the molecule is [CH2]c1ccc(Oc2cc(I)c(O)c(I)c2)cc1. The van der Waals surface area contributed by atoms with Gasteiger partial charge < -0.3 is 9.84 Å². The van der Waals surface area contributed by atoms with Crippen molar-refractivity contribution < 1.29 is 9.84 Å². The third-order valence-corrected chi connectivity index (χ3v) is 3.79. The summed E-state index contributed by atoms with van der Waals surface area (Å²) in [5.74, 6) is 1.77. The first-order valence-corrected chi connectivity index (χ1v) is 7.00. The molecule has 0 heterocycles. The second-order valence-electron chi connectivity index (χ2n) is 3.48. The molecule has 2 rings (SSSR count). The molecule has 2 aromatic rings. The summed E-state index contributed by atoms with van der Waals surface area (Å²) in [4.78, 5) is 0. The van der Waals surface area contributed by atoms with Gasteiger partial charge in [0.25, 0.3) is 0 Å². The topological polar surface area (TPSA) is 29.5 Å². The fourth-order valence-electron chi connectivity index (χ4n) is 1.29. The lowest BCUT2D eigenvalue weighted by Gasteiger charge is -2.08. The first kappa shape index (κ1) is 12.9. The van der Waals surface area contributed by atoms with Crippen molar-refractivity contribution in [1.29, 1.82) is 0 Å². The summed E-state index contributed by atoms with van der Waals surface area (Å²) < 4.78 is 7.25. The highest BCUT2D eigenvalue weighted by Crippen LogP contribution is 2.32. The minimum atomic E-state index is 0.298. The molecule has 0 bridgehead atoms. The molecule has 0 aliphatic rings. The van der Waals surface area contributed by atoms with Crippen molar-refractivity contribution in [1.82, 2.24) is 0 Å². The van der Waals surface area contributed by atoms with Crippen molar-refractivity contribution in [3.05, 3.63) is 56.0 Å². The normalized spacial score (nSPS) is 10.3. The average molecular weight is 451 g/mol. The van der Waals surface area contributed by atoms with Gasteiger partial charge in [-0.15, -0.1) is 0 Å². The first-order chi connectivity index (χ1) is 8.06. The van der Waals surface area contributed by atoms with E-state index in [1.54, 1.807) is 12.1 Å². The zero-order chi connectivity index (χ0) is 12.4. The van der Waals surface area contributed by atoms with Crippen LogP contribution in [0, 0.1) is 14.1 Å². The molecule has 2 aromatic carbocycles. The Morgan fingerprint density at radius 2 is 1.47 bits per heavy atom. The van der Waals surface area contributed by atoms with E-state index in [0.717, 1.165) is 18.5 Å². The summed E-state index contributed by atoms with van der Waals surface area (Å²) >= 11 is 4.16. The van der Waals surface area contributed by atoms with E-state index in [-0.39, 0.29) is 0 Å². The smallest absolute Gasteiger partial charge is 0.142 e. The summed E-state index contributed by atoms with van der Waals surface area (Å²) in [6.45, 7) is 3.82. The highest BCUT2D eigenvalue weighted by Gasteiger charge is 2.07. The van der Waals surface area contributed by atoms with Crippen LogP contribution in [0.5, 0.6) is 17.2 Å². The average Bonchev–Trinajstić information content (AvgIpc) is 2.29. The minimum Gasteiger partial charge on any atom is -0.506 e. The lowest BCUT2D eigenvalue weighted by molar-refractivity contribution is 0.457. The van der Waals surface area contributed by atoms with Crippen molar-refractivity contribution in [3.63, 3.8) is 0 Å². The van der Waals surface area contributed by atoms with Crippen molar-refractivity contribution in [2.45, 2.75) is 0 Å². The Morgan fingerprint density at radius 1 is 0.941 bits per heavy atom. The van der Waals surface area contributed by atoms with Crippen molar-refractivity contribution >= 4 is 45.2 Å². The molecule has 0 saturated carbocycles. The maximum atomic E-state index is 9.65. The van der Waals surface area contributed by atoms with Gasteiger partial charge in [-0.2, -0.15) is 0 Å². The molecular formula is C13H9I2O2. The first-order valence-electron chi connectivity index (χ1n) is 4.84. The van der Waals surface area contributed by atoms with Crippen LogP contribution in [0.25, 0.3) is 0 Å². The summed E-state index contributed by atoms with van der Waals surface area (Å²) in [6, 6.07) is 11.1. The van der Waals surface area contributed by atoms with Crippen LogP contribution in [0.2, 0.25) is 0 Å². The quantitative estimate of drug-likeness (QED) is 0.679. The lowest BCUT2D eigenvalue weighted by Crippen LogP contribution is -1.87. The van der Waals surface area contributed by atoms with Crippen LogP contribution in [-0.4, -0.2) is 5.11 Å². The third-order valence-electron chi connectivity index (χ3n) is 2.15. The van der Waals surface area contributed by atoms with Crippen molar-refractivity contribution in [2.24, 2.45) is 0 Å². The van der Waals surface area contributed by atoms with Crippen LogP contribution in [0.4, 0.5) is 0 Å². The van der Waals surface area contributed by atoms with Gasteiger partial charge in [0.1, 0.15) is 17.2 Å². The molecule has 0 fully saturated rings. The predicted octanol–water partition coefficient (Wildman–Crippen LogP) is 4.58. The van der Waals surface area contributed by atoms with Crippen LogP contribution in [0.15, 0.2) is 36.4 Å². The highest BCUT2D eigenvalue weighted by molar-refractivity contribution is 14.1. The van der Waals surface area contributed by atoms with Gasteiger partial charge in [-0.3, -0.25) is 0 Å². The third kappa shape index (κ3) is 3.25. The monoisotopic (exact) mass is 451 g/mol. The number of phenols is 1. The number of phenolic OH excluding ortho intramolecular Hbond substituents is 1. The maximum Gasteiger partial charge on any atom is 0.142 e. The van der Waals surface area contributed by atoms with E-state index in [9.17, 15) is 5.11 Å². The van der Waals surface area contributed by atoms with Crippen molar-refractivity contribution in [3.8, 4) is 17.2 Å². The summed E-state index contributed by atoms with van der Waals surface area (Å²) in [6.07, 6.45) is 0. The molecule has 0 saturated heterocycles. The van der Waals surface area contributed by atoms with E-state index < -0.39 is 0 Å². The van der Waals surface area contributed by atoms with Crippen LogP contribution < -0.4 is 4.74 Å². The number of ether oxygens (including phenoxy) is 1. The Balaban J connectivity index is 2.27. The van der Waals surface area contributed by atoms with E-state index in [1.807, 2.05) is 24.3 Å². The Kier molecular flexibility index (Phi) is 4.13. The molecule has 0 unspecified atom stereocenters. The number of rotatable bonds is 2. The van der Waals surface area contributed by atoms with Gasteiger partial charge in [0.05, 0.1) is 7.14 Å². The summed E-state index contributed by atoms with van der Waals surface area (Å²) in [5.41, 5.74) is 0.951. The zero-order valence-electron chi connectivity index (χ0n) is 8.78. The van der Waals surface area contributed by atoms with Crippen LogP contribution in [-0.2, 0) is 0 Å². The second-order valence-corrected chi connectivity index (χ2v) is 5.81. The van der Waals surface area contributed by atoms with Crippen LogP contribution >= 0.6 is 45.2 Å². The molecule has 17 heavy (non-hydrogen) atoms. The lowest BCUT2D eigenvalue weighted by atomic mass is 10.2. The molecule has 0 aliphatic heterocycles. The van der Waals surface area contributed by atoms with Crippen molar-refractivity contribution in [2.75, 3.05) is 0 Å².